The summed E-state index contributed by atoms with van der Waals surface area (Å²) in [5, 5.41) is 9.20. The van der Waals surface area contributed by atoms with Crippen molar-refractivity contribution in [2.75, 3.05) is 13.1 Å². The van der Waals surface area contributed by atoms with Gasteiger partial charge in [-0.1, -0.05) is 30.3 Å². The number of aliphatic hydroxyl groups excluding tert-OH is 1. The molecular weight excluding hydrogens is 222 g/mol. The Hall–Kier alpha value is -1.88. The Morgan fingerprint density at radius 3 is 2.71 bits per heavy atom. The van der Waals surface area contributed by atoms with Gasteiger partial charge < -0.3 is 9.84 Å². The highest BCUT2D eigenvalue weighted by molar-refractivity contribution is 5.90. The molecule has 1 atom stereocenters. The van der Waals surface area contributed by atoms with Crippen molar-refractivity contribution in [3.8, 4) is 0 Å². The van der Waals surface area contributed by atoms with Gasteiger partial charge in [-0.25, -0.2) is 4.79 Å². The minimum atomic E-state index is -1.07. The summed E-state index contributed by atoms with van der Waals surface area (Å²) < 4.78 is 5.03. The number of hydrogen-bond acceptors (Lipinski definition) is 4. The molecule has 2 rings (SSSR count). The predicted octanol–water partition coefficient (Wildman–Crippen LogP) is 0.569. The van der Waals surface area contributed by atoms with Gasteiger partial charge in [-0.3, -0.25) is 9.69 Å². The van der Waals surface area contributed by atoms with Crippen molar-refractivity contribution in [3.63, 3.8) is 0 Å². The first kappa shape index (κ1) is 11.6. The second kappa shape index (κ2) is 4.97. The number of aliphatic hydroxyl groups is 1. The lowest BCUT2D eigenvalue weighted by Crippen LogP contribution is -2.30. The Kier molecular flexibility index (Phi) is 3.39. The first-order valence-corrected chi connectivity index (χ1v) is 5.33. The fraction of sp³-hybridized carbons (Fsp3) is 0.333. The number of β-amino-alcohol motifs (C(OH)–C–C–N with tert-alkyl or cyclic N) is 1. The zero-order valence-corrected chi connectivity index (χ0v) is 9.20. The van der Waals surface area contributed by atoms with Crippen molar-refractivity contribution in [2.45, 2.75) is 12.7 Å². The van der Waals surface area contributed by atoms with Gasteiger partial charge in [-0.15, -0.1) is 0 Å². The van der Waals surface area contributed by atoms with Crippen LogP contribution in [0.5, 0.6) is 0 Å². The molecule has 1 heterocycles. The van der Waals surface area contributed by atoms with Crippen LogP contribution in [0.25, 0.3) is 0 Å². The number of Topliss-reactive ketones (excluding diaryl/α,β-unsaturated/α-hetero) is 1. The van der Waals surface area contributed by atoms with E-state index in [1.807, 2.05) is 30.3 Å². The molecule has 1 saturated heterocycles. The SMILES string of the molecule is O=C1CN(C(=O)OCc2ccccc2)CC1O. The molecule has 0 spiro atoms. The van der Waals surface area contributed by atoms with Crippen LogP contribution < -0.4 is 0 Å². The van der Waals surface area contributed by atoms with Crippen molar-refractivity contribution < 1.29 is 19.4 Å². The number of likely N-dealkylation sites (tertiary alicyclic amines) is 1. The van der Waals surface area contributed by atoms with E-state index < -0.39 is 12.2 Å². The molecule has 0 bridgehead atoms. The normalized spacial score (nSPS) is 19.5. The van der Waals surface area contributed by atoms with Gasteiger partial charge >= 0.3 is 6.09 Å². The summed E-state index contributed by atoms with van der Waals surface area (Å²) in [7, 11) is 0. The summed E-state index contributed by atoms with van der Waals surface area (Å²) in [6, 6.07) is 9.27. The minimum absolute atomic E-state index is 0.0203. The van der Waals surface area contributed by atoms with E-state index in [2.05, 4.69) is 0 Å². The monoisotopic (exact) mass is 235 g/mol. The van der Waals surface area contributed by atoms with Gasteiger partial charge in [-0.05, 0) is 5.56 Å². The van der Waals surface area contributed by atoms with E-state index in [0.29, 0.717) is 0 Å². The standard InChI is InChI=1S/C12H13NO4/c14-10-6-13(7-11(10)15)12(16)17-8-9-4-2-1-3-5-9/h1-5,10,14H,6-8H2. The number of hydrogen-bond donors (Lipinski definition) is 1. The second-order valence-corrected chi connectivity index (χ2v) is 3.90. The third-order valence-corrected chi connectivity index (χ3v) is 2.58. The predicted molar refractivity (Wildman–Crippen MR) is 59.2 cm³/mol. The first-order chi connectivity index (χ1) is 8.16. The number of ether oxygens (including phenoxy) is 1. The summed E-state index contributed by atoms with van der Waals surface area (Å²) in [6.45, 7) is 0.113. The average Bonchev–Trinajstić information content (AvgIpc) is 2.68. The number of rotatable bonds is 2. The summed E-state index contributed by atoms with van der Waals surface area (Å²) in [5.74, 6) is -0.346. The van der Waals surface area contributed by atoms with Crippen molar-refractivity contribution >= 4 is 11.9 Å². The molecule has 0 aliphatic carbocycles. The highest BCUT2D eigenvalue weighted by atomic mass is 16.6. The minimum Gasteiger partial charge on any atom is -0.445 e. The topological polar surface area (TPSA) is 66.8 Å². The summed E-state index contributed by atoms with van der Waals surface area (Å²) >= 11 is 0. The largest absolute Gasteiger partial charge is 0.445 e. The third kappa shape index (κ3) is 2.82. The number of ketones is 1. The Morgan fingerprint density at radius 1 is 1.41 bits per heavy atom. The van der Waals surface area contributed by atoms with Gasteiger partial charge in [-0.2, -0.15) is 0 Å². The Bertz CT molecular complexity index is 418. The number of carbonyl (C=O) groups excluding carboxylic acids is 2. The number of benzene rings is 1. The molecule has 0 radical (unpaired) electrons. The van der Waals surface area contributed by atoms with E-state index in [0.717, 1.165) is 5.56 Å². The molecule has 17 heavy (non-hydrogen) atoms. The van der Waals surface area contributed by atoms with Crippen molar-refractivity contribution in [3.05, 3.63) is 35.9 Å². The fourth-order valence-electron chi connectivity index (χ4n) is 1.62. The van der Waals surface area contributed by atoms with Gasteiger partial charge in [0.15, 0.2) is 5.78 Å². The van der Waals surface area contributed by atoms with E-state index in [1.54, 1.807) is 0 Å². The highest BCUT2D eigenvalue weighted by Gasteiger charge is 2.32. The molecule has 1 N–H and O–H groups in total. The van der Waals surface area contributed by atoms with Crippen LogP contribution in [0.2, 0.25) is 0 Å². The molecule has 1 aliphatic heterocycles. The molecular formula is C12H13NO4. The zero-order chi connectivity index (χ0) is 12.3. The molecule has 5 heteroatoms. The fourth-order valence-corrected chi connectivity index (χ4v) is 1.62. The van der Waals surface area contributed by atoms with Crippen LogP contribution in [0.15, 0.2) is 30.3 Å². The van der Waals surface area contributed by atoms with Crippen LogP contribution >= 0.6 is 0 Å². The molecule has 1 unspecified atom stereocenters. The Labute approximate surface area is 98.6 Å². The van der Waals surface area contributed by atoms with Crippen molar-refractivity contribution in [1.82, 2.24) is 4.90 Å². The lowest BCUT2D eigenvalue weighted by molar-refractivity contribution is -0.123. The van der Waals surface area contributed by atoms with Crippen LogP contribution in [-0.4, -0.2) is 41.1 Å². The van der Waals surface area contributed by atoms with E-state index in [4.69, 9.17) is 4.74 Å². The van der Waals surface area contributed by atoms with Gasteiger partial charge in [0.05, 0.1) is 13.1 Å². The maximum atomic E-state index is 11.6. The Morgan fingerprint density at radius 2 is 2.12 bits per heavy atom. The maximum Gasteiger partial charge on any atom is 0.410 e. The van der Waals surface area contributed by atoms with Crippen molar-refractivity contribution in [1.29, 1.82) is 0 Å². The number of amides is 1. The van der Waals surface area contributed by atoms with Gasteiger partial charge in [0, 0.05) is 0 Å². The number of nitrogens with zero attached hydrogens (tertiary/aromatic N) is 1. The van der Waals surface area contributed by atoms with Gasteiger partial charge in [0.25, 0.3) is 0 Å². The summed E-state index contributed by atoms with van der Waals surface area (Å²) in [4.78, 5) is 23.8. The zero-order valence-electron chi connectivity index (χ0n) is 9.20. The Balaban J connectivity index is 1.84. The highest BCUT2D eigenvalue weighted by Crippen LogP contribution is 2.09. The molecule has 5 nitrogen and oxygen atoms in total. The van der Waals surface area contributed by atoms with E-state index >= 15 is 0 Å². The smallest absolute Gasteiger partial charge is 0.410 e. The molecule has 90 valence electrons. The quantitative estimate of drug-likeness (QED) is 0.813. The average molecular weight is 235 g/mol. The molecule has 1 fully saturated rings. The van der Waals surface area contributed by atoms with Crippen molar-refractivity contribution in [2.24, 2.45) is 0 Å². The van der Waals surface area contributed by atoms with E-state index in [9.17, 15) is 14.7 Å². The third-order valence-electron chi connectivity index (χ3n) is 2.58. The lowest BCUT2D eigenvalue weighted by Gasteiger charge is -2.14. The van der Waals surface area contributed by atoms with Crippen LogP contribution in [0.3, 0.4) is 0 Å². The second-order valence-electron chi connectivity index (χ2n) is 3.90. The molecule has 1 aromatic carbocycles. The van der Waals surface area contributed by atoms with Crippen LogP contribution in [-0.2, 0) is 16.1 Å². The molecule has 0 saturated carbocycles. The summed E-state index contributed by atoms with van der Waals surface area (Å²) in [6.07, 6.45) is -1.64. The number of carbonyl (C=O) groups is 2. The molecule has 1 aliphatic rings. The van der Waals surface area contributed by atoms with E-state index in [1.165, 1.54) is 4.90 Å². The molecule has 1 amide bonds. The lowest BCUT2D eigenvalue weighted by atomic mass is 10.2. The van der Waals surface area contributed by atoms with E-state index in [-0.39, 0.29) is 25.5 Å². The van der Waals surface area contributed by atoms with Gasteiger partial charge in [0.1, 0.15) is 12.7 Å². The maximum absolute atomic E-state index is 11.6. The first-order valence-electron chi connectivity index (χ1n) is 5.33. The molecule has 0 aromatic heterocycles. The van der Waals surface area contributed by atoms with Crippen LogP contribution in [0.4, 0.5) is 4.79 Å². The van der Waals surface area contributed by atoms with Gasteiger partial charge in [0.2, 0.25) is 0 Å². The summed E-state index contributed by atoms with van der Waals surface area (Å²) in [5.41, 5.74) is 0.881. The molecule has 1 aromatic rings. The van der Waals surface area contributed by atoms with Crippen LogP contribution in [0.1, 0.15) is 5.56 Å². The van der Waals surface area contributed by atoms with Crippen LogP contribution in [0, 0.1) is 0 Å².